The minimum Gasteiger partial charge on any atom is -0.298 e. The van der Waals surface area contributed by atoms with Crippen molar-refractivity contribution < 1.29 is 0 Å². The number of rotatable bonds is 2. The van der Waals surface area contributed by atoms with Gasteiger partial charge in [0.1, 0.15) is 0 Å². The summed E-state index contributed by atoms with van der Waals surface area (Å²) in [4.78, 5) is 2.39. The van der Waals surface area contributed by atoms with E-state index < -0.39 is 0 Å². The Morgan fingerprint density at radius 3 is 2.87 bits per heavy atom. The van der Waals surface area contributed by atoms with Crippen molar-refractivity contribution in [3.63, 3.8) is 0 Å². The second kappa shape index (κ2) is 4.73. The lowest BCUT2D eigenvalue weighted by Gasteiger charge is -2.15. The first kappa shape index (κ1) is 11.3. The molecule has 0 radical (unpaired) electrons. The van der Waals surface area contributed by atoms with Crippen LogP contribution < -0.4 is 0 Å². The molecule has 0 saturated carbocycles. The lowest BCUT2D eigenvalue weighted by Crippen LogP contribution is -2.20. The molecular weight excluding hydrogens is 229 g/mol. The van der Waals surface area contributed by atoms with E-state index in [1.807, 2.05) is 13.0 Å². The molecule has 1 atom stereocenters. The van der Waals surface area contributed by atoms with E-state index in [9.17, 15) is 0 Å². The standard InChI is InChI=1S/C12H15Cl2N/c1-9-6-10(2-3-12(9)14)7-15-5-4-11(13)8-15/h2-3,6,11H,4-5,7-8H2,1H3. The maximum absolute atomic E-state index is 6.07. The highest BCUT2D eigenvalue weighted by molar-refractivity contribution is 6.31. The number of alkyl halides is 1. The predicted octanol–water partition coefficient (Wildman–Crippen LogP) is 3.46. The van der Waals surface area contributed by atoms with Crippen molar-refractivity contribution in [2.24, 2.45) is 0 Å². The summed E-state index contributed by atoms with van der Waals surface area (Å²) >= 11 is 12.1. The molecule has 1 nitrogen and oxygen atoms in total. The van der Waals surface area contributed by atoms with Crippen molar-refractivity contribution in [2.75, 3.05) is 13.1 Å². The summed E-state index contributed by atoms with van der Waals surface area (Å²) in [6.07, 6.45) is 1.11. The molecule has 82 valence electrons. The van der Waals surface area contributed by atoms with E-state index >= 15 is 0 Å². The molecule has 0 N–H and O–H groups in total. The molecule has 1 aliphatic rings. The van der Waals surface area contributed by atoms with Gasteiger partial charge < -0.3 is 0 Å². The molecule has 15 heavy (non-hydrogen) atoms. The Kier molecular flexibility index (Phi) is 3.55. The van der Waals surface area contributed by atoms with Gasteiger partial charge in [-0.05, 0) is 37.1 Å². The van der Waals surface area contributed by atoms with E-state index in [1.54, 1.807) is 0 Å². The zero-order chi connectivity index (χ0) is 10.8. The van der Waals surface area contributed by atoms with Gasteiger partial charge >= 0.3 is 0 Å². The molecule has 0 aromatic heterocycles. The molecule has 0 spiro atoms. The summed E-state index contributed by atoms with van der Waals surface area (Å²) in [6.45, 7) is 5.14. The summed E-state index contributed by atoms with van der Waals surface area (Å²) in [6, 6.07) is 6.22. The van der Waals surface area contributed by atoms with E-state index in [-0.39, 0.29) is 0 Å². The lowest BCUT2D eigenvalue weighted by atomic mass is 10.1. The molecule has 1 saturated heterocycles. The van der Waals surface area contributed by atoms with Crippen molar-refractivity contribution in [1.82, 2.24) is 4.90 Å². The smallest absolute Gasteiger partial charge is 0.0475 e. The van der Waals surface area contributed by atoms with Crippen molar-refractivity contribution in [2.45, 2.75) is 25.3 Å². The summed E-state index contributed by atoms with van der Waals surface area (Å²) in [5.41, 5.74) is 2.47. The van der Waals surface area contributed by atoms with Gasteiger partial charge in [-0.2, -0.15) is 0 Å². The van der Waals surface area contributed by atoms with Crippen molar-refractivity contribution in [1.29, 1.82) is 0 Å². The maximum Gasteiger partial charge on any atom is 0.0475 e. The van der Waals surface area contributed by atoms with Gasteiger partial charge in [-0.3, -0.25) is 4.90 Å². The van der Waals surface area contributed by atoms with Gasteiger partial charge in [0.25, 0.3) is 0 Å². The van der Waals surface area contributed by atoms with Gasteiger partial charge in [-0.15, -0.1) is 11.6 Å². The van der Waals surface area contributed by atoms with Crippen LogP contribution in [0.2, 0.25) is 5.02 Å². The Bertz CT molecular complexity index is 351. The minimum absolute atomic E-state index is 0.332. The van der Waals surface area contributed by atoms with Crippen molar-refractivity contribution in [3.05, 3.63) is 34.3 Å². The zero-order valence-corrected chi connectivity index (χ0v) is 10.4. The number of nitrogens with zero attached hydrogens (tertiary/aromatic N) is 1. The van der Waals surface area contributed by atoms with Gasteiger partial charge in [0.05, 0.1) is 0 Å². The number of hydrogen-bond donors (Lipinski definition) is 0. The third kappa shape index (κ3) is 2.87. The first-order valence-corrected chi connectivity index (χ1v) is 6.08. The third-order valence-corrected chi connectivity index (χ3v) is 3.62. The van der Waals surface area contributed by atoms with Gasteiger partial charge in [0, 0.05) is 23.5 Å². The summed E-state index contributed by atoms with van der Waals surface area (Å²) in [5, 5.41) is 1.17. The summed E-state index contributed by atoms with van der Waals surface area (Å²) in [5.74, 6) is 0. The molecule has 0 aliphatic carbocycles. The predicted molar refractivity (Wildman–Crippen MR) is 65.7 cm³/mol. The number of halogens is 2. The number of aryl methyl sites for hydroxylation is 1. The third-order valence-electron chi connectivity index (χ3n) is 2.84. The van der Waals surface area contributed by atoms with Crippen LogP contribution in [0.25, 0.3) is 0 Å². The molecule has 1 heterocycles. The van der Waals surface area contributed by atoms with Crippen LogP contribution in [0, 0.1) is 6.92 Å². The topological polar surface area (TPSA) is 3.24 Å². The van der Waals surface area contributed by atoms with Crippen LogP contribution >= 0.6 is 23.2 Å². The Hall–Kier alpha value is -0.240. The molecule has 1 fully saturated rings. The molecule has 0 amide bonds. The Balaban J connectivity index is 2.02. The van der Waals surface area contributed by atoms with Crippen LogP contribution in [0.3, 0.4) is 0 Å². The largest absolute Gasteiger partial charge is 0.298 e. The number of benzene rings is 1. The second-order valence-electron chi connectivity index (χ2n) is 4.20. The van der Waals surface area contributed by atoms with Gasteiger partial charge in [-0.1, -0.05) is 23.7 Å². The molecule has 1 aliphatic heterocycles. The van der Waals surface area contributed by atoms with Gasteiger partial charge in [-0.25, -0.2) is 0 Å². The zero-order valence-electron chi connectivity index (χ0n) is 8.84. The van der Waals surface area contributed by atoms with Crippen LogP contribution in [-0.2, 0) is 6.54 Å². The number of hydrogen-bond acceptors (Lipinski definition) is 1. The fraction of sp³-hybridized carbons (Fsp3) is 0.500. The molecule has 2 rings (SSSR count). The van der Waals surface area contributed by atoms with E-state index in [0.29, 0.717) is 5.38 Å². The highest BCUT2D eigenvalue weighted by atomic mass is 35.5. The molecule has 3 heteroatoms. The molecule has 1 unspecified atom stereocenters. The van der Waals surface area contributed by atoms with E-state index in [1.165, 1.54) is 5.56 Å². The average Bonchev–Trinajstić information content (AvgIpc) is 2.58. The Labute approximate surface area is 101 Å². The Morgan fingerprint density at radius 2 is 2.27 bits per heavy atom. The minimum atomic E-state index is 0.332. The highest BCUT2D eigenvalue weighted by Crippen LogP contribution is 2.20. The molecule has 0 bridgehead atoms. The van der Waals surface area contributed by atoms with Crippen LogP contribution in [0.15, 0.2) is 18.2 Å². The SMILES string of the molecule is Cc1cc(CN2CCC(Cl)C2)ccc1Cl. The van der Waals surface area contributed by atoms with E-state index in [2.05, 4.69) is 17.0 Å². The maximum atomic E-state index is 6.07. The first-order valence-electron chi connectivity index (χ1n) is 5.26. The van der Waals surface area contributed by atoms with Gasteiger partial charge in [0.15, 0.2) is 0 Å². The van der Waals surface area contributed by atoms with E-state index in [4.69, 9.17) is 23.2 Å². The molecule has 1 aromatic rings. The summed E-state index contributed by atoms with van der Waals surface area (Å²) < 4.78 is 0. The molecular formula is C12H15Cl2N. The lowest BCUT2D eigenvalue weighted by molar-refractivity contribution is 0.332. The normalized spacial score (nSPS) is 22.2. The van der Waals surface area contributed by atoms with Crippen LogP contribution in [-0.4, -0.2) is 23.4 Å². The van der Waals surface area contributed by atoms with E-state index in [0.717, 1.165) is 36.6 Å². The first-order chi connectivity index (χ1) is 7.15. The quantitative estimate of drug-likeness (QED) is 0.720. The van der Waals surface area contributed by atoms with Crippen molar-refractivity contribution >= 4 is 23.2 Å². The van der Waals surface area contributed by atoms with Crippen molar-refractivity contribution in [3.8, 4) is 0 Å². The van der Waals surface area contributed by atoms with Crippen LogP contribution in [0.1, 0.15) is 17.5 Å². The average molecular weight is 244 g/mol. The fourth-order valence-corrected chi connectivity index (χ4v) is 2.40. The molecule has 1 aromatic carbocycles. The Morgan fingerprint density at radius 1 is 1.47 bits per heavy atom. The highest BCUT2D eigenvalue weighted by Gasteiger charge is 2.19. The monoisotopic (exact) mass is 243 g/mol. The second-order valence-corrected chi connectivity index (χ2v) is 5.23. The van der Waals surface area contributed by atoms with Crippen LogP contribution in [0.4, 0.5) is 0 Å². The van der Waals surface area contributed by atoms with Crippen LogP contribution in [0.5, 0.6) is 0 Å². The van der Waals surface area contributed by atoms with Gasteiger partial charge in [0.2, 0.25) is 0 Å². The number of likely N-dealkylation sites (tertiary alicyclic amines) is 1. The summed E-state index contributed by atoms with van der Waals surface area (Å²) in [7, 11) is 0. The fourth-order valence-electron chi connectivity index (χ4n) is 1.99.